The fourth-order valence-corrected chi connectivity index (χ4v) is 3.44. The van der Waals surface area contributed by atoms with E-state index in [0.29, 0.717) is 17.4 Å². The van der Waals surface area contributed by atoms with Crippen molar-refractivity contribution in [3.8, 4) is 0 Å². The van der Waals surface area contributed by atoms with Gasteiger partial charge < -0.3 is 19.3 Å². The van der Waals surface area contributed by atoms with Gasteiger partial charge in [-0.15, -0.1) is 0 Å². The van der Waals surface area contributed by atoms with Crippen molar-refractivity contribution >= 4 is 24.2 Å². The number of hydrogen-bond donors (Lipinski definition) is 1. The van der Waals surface area contributed by atoms with Gasteiger partial charge in [-0.05, 0) is 37.1 Å². The van der Waals surface area contributed by atoms with Crippen molar-refractivity contribution in [2.45, 2.75) is 51.9 Å². The number of aliphatic hydroxyl groups excluding tert-OH is 1. The molecule has 1 aliphatic heterocycles. The quantitative estimate of drug-likeness (QED) is 0.236. The van der Waals surface area contributed by atoms with Gasteiger partial charge in [-0.2, -0.15) is 0 Å². The van der Waals surface area contributed by atoms with E-state index >= 15 is 0 Å². The average molecular weight is 418 g/mol. The first-order valence-electron chi connectivity index (χ1n) is 9.56. The molecule has 1 heterocycles. The van der Waals surface area contributed by atoms with Crippen LogP contribution < -0.4 is 0 Å². The minimum Gasteiger partial charge on any atom is -0.458 e. The van der Waals surface area contributed by atoms with E-state index in [1.165, 1.54) is 19.9 Å². The molecule has 2 rings (SSSR count). The van der Waals surface area contributed by atoms with Gasteiger partial charge in [-0.1, -0.05) is 12.7 Å². The Labute approximate surface area is 174 Å². The third-order valence-electron chi connectivity index (χ3n) is 5.07. The molecule has 8 heteroatoms. The number of fused-ring (bicyclic) bond motifs is 1. The summed E-state index contributed by atoms with van der Waals surface area (Å²) in [5, 5.41) is 9.00. The fourth-order valence-electron chi connectivity index (χ4n) is 3.44. The summed E-state index contributed by atoms with van der Waals surface area (Å²) >= 11 is 0. The van der Waals surface area contributed by atoms with Gasteiger partial charge in [0.05, 0.1) is 12.5 Å². The van der Waals surface area contributed by atoms with Gasteiger partial charge in [-0.25, -0.2) is 9.59 Å². The van der Waals surface area contributed by atoms with Crippen LogP contribution in [0.5, 0.6) is 0 Å². The van der Waals surface area contributed by atoms with Gasteiger partial charge in [0, 0.05) is 30.9 Å². The highest BCUT2D eigenvalue weighted by Gasteiger charge is 2.45. The van der Waals surface area contributed by atoms with Crippen LogP contribution in [0.4, 0.5) is 0 Å². The minimum absolute atomic E-state index is 0.0259. The summed E-state index contributed by atoms with van der Waals surface area (Å²) in [5.41, 5.74) is 1.28. The normalized spacial score (nSPS) is 30.7. The molecule has 0 unspecified atom stereocenters. The van der Waals surface area contributed by atoms with Crippen LogP contribution in [0.1, 0.15) is 33.6 Å². The van der Waals surface area contributed by atoms with Crippen molar-refractivity contribution in [3.63, 3.8) is 0 Å². The smallest absolute Gasteiger partial charge is 0.334 e. The van der Waals surface area contributed by atoms with E-state index in [0.717, 1.165) is 0 Å². The molecule has 1 aliphatic carbocycles. The first-order chi connectivity index (χ1) is 14.2. The third-order valence-corrected chi connectivity index (χ3v) is 5.07. The highest BCUT2D eigenvalue weighted by atomic mass is 16.6. The number of ether oxygens (including phenoxy) is 3. The first-order valence-corrected chi connectivity index (χ1v) is 9.56. The van der Waals surface area contributed by atoms with Crippen LogP contribution in [0, 0.1) is 5.92 Å². The molecule has 8 nitrogen and oxygen atoms in total. The maximum atomic E-state index is 12.4. The van der Waals surface area contributed by atoms with Crippen molar-refractivity contribution in [1.82, 2.24) is 0 Å². The zero-order valence-electron chi connectivity index (χ0n) is 17.3. The summed E-state index contributed by atoms with van der Waals surface area (Å²) in [5.74, 6) is -2.51. The summed E-state index contributed by atoms with van der Waals surface area (Å²) in [6.45, 7) is 7.96. The van der Waals surface area contributed by atoms with Gasteiger partial charge in [-0.3, -0.25) is 9.59 Å². The molecule has 0 amide bonds. The molecule has 30 heavy (non-hydrogen) atoms. The van der Waals surface area contributed by atoms with Crippen LogP contribution in [0.2, 0.25) is 0 Å². The molecular formula is C22H26O8. The molecular weight excluding hydrogens is 392 g/mol. The molecule has 1 fully saturated rings. The largest absolute Gasteiger partial charge is 0.458 e. The molecule has 0 radical (unpaired) electrons. The highest BCUT2D eigenvalue weighted by molar-refractivity contribution is 5.92. The Morgan fingerprint density at radius 3 is 2.63 bits per heavy atom. The van der Waals surface area contributed by atoms with Crippen molar-refractivity contribution in [1.29, 1.82) is 0 Å². The molecule has 1 N–H and O–H groups in total. The second-order valence-corrected chi connectivity index (χ2v) is 7.28. The van der Waals surface area contributed by atoms with Crippen molar-refractivity contribution in [3.05, 3.63) is 47.1 Å². The molecule has 162 valence electrons. The Bertz CT molecular complexity index is 832. The number of aldehydes is 1. The molecule has 4 atom stereocenters. The zero-order valence-corrected chi connectivity index (χ0v) is 17.3. The lowest BCUT2D eigenvalue weighted by molar-refractivity contribution is -0.148. The summed E-state index contributed by atoms with van der Waals surface area (Å²) in [6, 6.07) is 0. The molecule has 0 aromatic carbocycles. The second kappa shape index (κ2) is 10.2. The van der Waals surface area contributed by atoms with Crippen LogP contribution in [0.25, 0.3) is 0 Å². The lowest BCUT2D eigenvalue weighted by Gasteiger charge is -2.28. The van der Waals surface area contributed by atoms with Gasteiger partial charge in [0.1, 0.15) is 24.6 Å². The predicted octanol–water partition coefficient (Wildman–Crippen LogP) is 1.73. The van der Waals surface area contributed by atoms with E-state index in [2.05, 4.69) is 6.58 Å². The molecule has 1 saturated heterocycles. The molecule has 0 saturated carbocycles. The SMILES string of the molecule is C=C1C(=O)O[C@@H]2/C=C(\C)[C@H](OC(C)=O)C/C=C(/C=O)C[C@@H](OC(=O)/C(C)=C/CO)[C@@H]12. The topological polar surface area (TPSA) is 116 Å². The Morgan fingerprint density at radius 1 is 1.33 bits per heavy atom. The van der Waals surface area contributed by atoms with Gasteiger partial charge >= 0.3 is 17.9 Å². The Kier molecular flexibility index (Phi) is 7.88. The van der Waals surface area contributed by atoms with Crippen LogP contribution in [-0.2, 0) is 33.4 Å². The van der Waals surface area contributed by atoms with E-state index in [4.69, 9.17) is 19.3 Å². The van der Waals surface area contributed by atoms with Crippen LogP contribution in [-0.4, -0.2) is 54.2 Å². The molecule has 0 bridgehead atoms. The monoisotopic (exact) mass is 418 g/mol. The number of carbonyl (C=O) groups excluding carboxylic acids is 4. The summed E-state index contributed by atoms with van der Waals surface area (Å²) in [4.78, 5) is 47.7. The number of esters is 3. The first kappa shape index (κ1) is 23.3. The molecule has 2 aliphatic rings. The number of carbonyl (C=O) groups is 4. The van der Waals surface area contributed by atoms with E-state index < -0.39 is 42.1 Å². The van der Waals surface area contributed by atoms with Gasteiger partial charge in [0.25, 0.3) is 0 Å². The Balaban J connectivity index is 2.47. The van der Waals surface area contributed by atoms with E-state index in [1.807, 2.05) is 0 Å². The average Bonchev–Trinajstić information content (AvgIpc) is 2.95. The molecule has 0 spiro atoms. The standard InChI is InChI=1S/C22H26O8/c1-12(7-8-23)21(26)29-19-10-16(11-24)5-6-17(28-15(4)25)13(2)9-18-20(19)14(3)22(27)30-18/h5,7,9,11,17-20,23H,3,6,8,10H2,1-2,4H3/b12-7+,13-9+,16-5+/t17-,18-,19-,20+/m1/s1. The lowest BCUT2D eigenvalue weighted by Crippen LogP contribution is -2.34. The van der Waals surface area contributed by atoms with Gasteiger partial charge in [0.15, 0.2) is 0 Å². The van der Waals surface area contributed by atoms with Crippen LogP contribution in [0.3, 0.4) is 0 Å². The summed E-state index contributed by atoms with van der Waals surface area (Å²) < 4.78 is 16.3. The number of hydrogen-bond acceptors (Lipinski definition) is 8. The maximum Gasteiger partial charge on any atom is 0.334 e. The van der Waals surface area contributed by atoms with Crippen LogP contribution >= 0.6 is 0 Å². The fraction of sp³-hybridized carbons (Fsp3) is 0.455. The maximum absolute atomic E-state index is 12.4. The summed E-state index contributed by atoms with van der Waals surface area (Å²) in [7, 11) is 0. The van der Waals surface area contributed by atoms with Crippen molar-refractivity contribution in [2.75, 3.05) is 6.61 Å². The third kappa shape index (κ3) is 5.54. The minimum atomic E-state index is -0.894. The Morgan fingerprint density at radius 2 is 2.03 bits per heavy atom. The number of aliphatic hydroxyl groups is 1. The molecule has 0 aromatic heterocycles. The van der Waals surface area contributed by atoms with E-state index in [1.54, 1.807) is 19.1 Å². The predicted molar refractivity (Wildman–Crippen MR) is 106 cm³/mol. The van der Waals surface area contributed by atoms with E-state index in [9.17, 15) is 19.2 Å². The van der Waals surface area contributed by atoms with Crippen LogP contribution in [0.15, 0.2) is 47.1 Å². The number of rotatable bonds is 5. The highest BCUT2D eigenvalue weighted by Crippen LogP contribution is 2.36. The Hall–Kier alpha value is -3.00. The summed E-state index contributed by atoms with van der Waals surface area (Å²) in [6.07, 6.45) is 3.17. The lowest BCUT2D eigenvalue weighted by atomic mass is 9.85. The van der Waals surface area contributed by atoms with Crippen molar-refractivity contribution in [2.24, 2.45) is 5.92 Å². The van der Waals surface area contributed by atoms with Crippen molar-refractivity contribution < 1.29 is 38.5 Å². The zero-order chi connectivity index (χ0) is 22.4. The van der Waals surface area contributed by atoms with E-state index in [-0.39, 0.29) is 30.6 Å². The molecule has 0 aromatic rings. The van der Waals surface area contributed by atoms with Gasteiger partial charge in [0.2, 0.25) is 0 Å². The second-order valence-electron chi connectivity index (χ2n) is 7.28.